The molecule has 138 valence electrons. The molecule has 4 N–H and O–H groups in total. The Hall–Kier alpha value is -0.830. The third-order valence-electron chi connectivity index (χ3n) is 4.49. The molecule has 0 amide bonds. The van der Waals surface area contributed by atoms with Gasteiger partial charge in [0, 0.05) is 0 Å². The third kappa shape index (κ3) is 10.5. The molecule has 0 saturated carbocycles. The number of rotatable bonds is 14. The van der Waals surface area contributed by atoms with E-state index < -0.39 is 5.97 Å². The maximum atomic E-state index is 11.9. The molecule has 0 aromatic heterocycles. The Morgan fingerprint density at radius 3 is 1.48 bits per heavy atom. The minimum absolute atomic E-state index is 0. The standard InChI is InChI=1S/C20H38O2.H3N/c1-5-9-13-17(14-10-6-2)19(20(21)22)18(15-11-7-3)16-12-8-4;/h17H,5-16H2,1-4H3,(H,21,22);1H3. The highest BCUT2D eigenvalue weighted by molar-refractivity contribution is 5.86. The van der Waals surface area contributed by atoms with Crippen molar-refractivity contribution >= 4 is 5.97 Å². The number of quaternary nitrogens is 1. The van der Waals surface area contributed by atoms with Crippen molar-refractivity contribution in [2.24, 2.45) is 5.92 Å². The van der Waals surface area contributed by atoms with E-state index in [2.05, 4.69) is 27.7 Å². The molecule has 0 heterocycles. The molecule has 0 aromatic rings. The first-order valence-electron chi connectivity index (χ1n) is 9.55. The number of hydrogen-bond acceptors (Lipinski definition) is 2. The normalized spacial score (nSPS) is 10.5. The quantitative estimate of drug-likeness (QED) is 0.410. The second-order valence-corrected chi connectivity index (χ2v) is 6.49. The number of allylic oxidation sites excluding steroid dienone is 1. The van der Waals surface area contributed by atoms with Gasteiger partial charge < -0.3 is 16.1 Å². The van der Waals surface area contributed by atoms with Crippen LogP contribution >= 0.6 is 0 Å². The fourth-order valence-electron chi connectivity index (χ4n) is 3.11. The maximum absolute atomic E-state index is 11.9. The molecule has 3 nitrogen and oxygen atoms in total. The largest absolute Gasteiger partial charge is 0.545 e. The summed E-state index contributed by atoms with van der Waals surface area (Å²) in [4.78, 5) is 11.9. The van der Waals surface area contributed by atoms with E-state index in [0.29, 0.717) is 5.57 Å². The van der Waals surface area contributed by atoms with Crippen molar-refractivity contribution in [3.63, 3.8) is 0 Å². The molecule has 0 atom stereocenters. The zero-order valence-corrected chi connectivity index (χ0v) is 16.4. The fourth-order valence-corrected chi connectivity index (χ4v) is 3.11. The van der Waals surface area contributed by atoms with Crippen LogP contribution < -0.4 is 11.3 Å². The van der Waals surface area contributed by atoms with E-state index in [0.717, 1.165) is 77.0 Å². The minimum Gasteiger partial charge on any atom is -0.545 e. The van der Waals surface area contributed by atoms with Crippen LogP contribution in [0.1, 0.15) is 105 Å². The predicted molar refractivity (Wildman–Crippen MR) is 99.6 cm³/mol. The molecule has 0 aliphatic rings. The van der Waals surface area contributed by atoms with Crippen LogP contribution in [0.4, 0.5) is 0 Å². The van der Waals surface area contributed by atoms with E-state index >= 15 is 0 Å². The summed E-state index contributed by atoms with van der Waals surface area (Å²) in [5.74, 6) is -0.701. The minimum atomic E-state index is -0.903. The van der Waals surface area contributed by atoms with Crippen molar-refractivity contribution in [3.8, 4) is 0 Å². The molecular formula is C20H41NO2. The average Bonchev–Trinajstić information content (AvgIpc) is 2.51. The number of carboxylic acid groups (broad SMARTS) is 1. The molecule has 0 unspecified atom stereocenters. The average molecular weight is 328 g/mol. The second-order valence-electron chi connectivity index (χ2n) is 6.49. The van der Waals surface area contributed by atoms with Gasteiger partial charge in [0.25, 0.3) is 0 Å². The van der Waals surface area contributed by atoms with Gasteiger partial charge in [-0.2, -0.15) is 0 Å². The Bertz CT molecular complexity index is 306. The first kappa shape index (κ1) is 24.4. The highest BCUT2D eigenvalue weighted by Gasteiger charge is 2.18. The Labute approximate surface area is 144 Å². The maximum Gasteiger partial charge on any atom is 0.0677 e. The summed E-state index contributed by atoms with van der Waals surface area (Å²) in [5, 5.41) is 11.9. The van der Waals surface area contributed by atoms with E-state index in [1.165, 1.54) is 5.57 Å². The van der Waals surface area contributed by atoms with Gasteiger partial charge in [0.1, 0.15) is 0 Å². The van der Waals surface area contributed by atoms with E-state index in [1.54, 1.807) is 0 Å². The Morgan fingerprint density at radius 2 is 1.17 bits per heavy atom. The summed E-state index contributed by atoms with van der Waals surface area (Å²) >= 11 is 0. The number of carboxylic acids is 1. The van der Waals surface area contributed by atoms with Crippen LogP contribution in [-0.2, 0) is 4.79 Å². The molecule has 0 aromatic carbocycles. The van der Waals surface area contributed by atoms with Gasteiger partial charge >= 0.3 is 0 Å². The highest BCUT2D eigenvalue weighted by atomic mass is 16.4. The fraction of sp³-hybridized carbons (Fsp3) is 0.850. The van der Waals surface area contributed by atoms with Crippen LogP contribution in [-0.4, -0.2) is 5.97 Å². The SMILES string of the molecule is CCCCC(CCCC)=C(C(=O)[O-])C(CCCC)CCCC.[NH4+]. The van der Waals surface area contributed by atoms with Gasteiger partial charge in [-0.3, -0.25) is 0 Å². The van der Waals surface area contributed by atoms with Crippen LogP contribution in [0.15, 0.2) is 11.1 Å². The van der Waals surface area contributed by atoms with Gasteiger partial charge in [0.2, 0.25) is 0 Å². The van der Waals surface area contributed by atoms with Crippen molar-refractivity contribution in [3.05, 3.63) is 11.1 Å². The van der Waals surface area contributed by atoms with Gasteiger partial charge in [-0.1, -0.05) is 71.8 Å². The van der Waals surface area contributed by atoms with Gasteiger partial charge in [-0.05, 0) is 50.0 Å². The van der Waals surface area contributed by atoms with E-state index in [-0.39, 0.29) is 12.1 Å². The molecule has 0 spiro atoms. The molecule has 0 aliphatic carbocycles. The molecule has 23 heavy (non-hydrogen) atoms. The molecule has 0 saturated heterocycles. The van der Waals surface area contributed by atoms with Crippen molar-refractivity contribution in [2.75, 3.05) is 0 Å². The second kappa shape index (κ2) is 16.0. The summed E-state index contributed by atoms with van der Waals surface area (Å²) in [7, 11) is 0. The number of aliphatic carboxylic acids is 1. The van der Waals surface area contributed by atoms with Crippen molar-refractivity contribution in [1.29, 1.82) is 0 Å². The summed E-state index contributed by atoms with van der Waals surface area (Å²) in [6.07, 6.45) is 12.8. The number of carbonyl (C=O) groups excluding carboxylic acids is 1. The number of carbonyl (C=O) groups is 1. The smallest absolute Gasteiger partial charge is 0.0677 e. The number of unbranched alkanes of at least 4 members (excludes halogenated alkanes) is 4. The Morgan fingerprint density at radius 1 is 0.783 bits per heavy atom. The van der Waals surface area contributed by atoms with Crippen molar-refractivity contribution < 1.29 is 9.90 Å². The highest BCUT2D eigenvalue weighted by Crippen LogP contribution is 2.30. The Balaban J connectivity index is 0. The summed E-state index contributed by atoms with van der Waals surface area (Å²) < 4.78 is 0. The van der Waals surface area contributed by atoms with E-state index in [1.807, 2.05) is 0 Å². The Kier molecular flexibility index (Phi) is 17.0. The summed E-state index contributed by atoms with van der Waals surface area (Å²) in [6, 6.07) is 0. The monoisotopic (exact) mass is 327 g/mol. The predicted octanol–water partition coefficient (Wildman–Crippen LogP) is 5.79. The zero-order chi connectivity index (χ0) is 16.8. The van der Waals surface area contributed by atoms with Crippen LogP contribution in [0.2, 0.25) is 0 Å². The first-order chi connectivity index (χ1) is 10.6. The van der Waals surface area contributed by atoms with Crippen LogP contribution in [0.5, 0.6) is 0 Å². The van der Waals surface area contributed by atoms with Crippen molar-refractivity contribution in [2.45, 2.75) is 105 Å². The molecule has 0 radical (unpaired) electrons. The van der Waals surface area contributed by atoms with Gasteiger partial charge in [0.05, 0.1) is 5.97 Å². The van der Waals surface area contributed by atoms with Crippen LogP contribution in [0.25, 0.3) is 0 Å². The van der Waals surface area contributed by atoms with Gasteiger partial charge in [-0.25, -0.2) is 0 Å². The molecule has 0 fully saturated rings. The molecule has 0 rings (SSSR count). The van der Waals surface area contributed by atoms with E-state index in [9.17, 15) is 9.90 Å². The lowest BCUT2D eigenvalue weighted by Gasteiger charge is -2.25. The molecule has 0 aliphatic heterocycles. The van der Waals surface area contributed by atoms with E-state index in [4.69, 9.17) is 0 Å². The molecule has 3 heteroatoms. The van der Waals surface area contributed by atoms with Crippen molar-refractivity contribution in [1.82, 2.24) is 6.15 Å². The zero-order valence-electron chi connectivity index (χ0n) is 16.4. The van der Waals surface area contributed by atoms with Gasteiger partial charge in [-0.15, -0.1) is 0 Å². The lowest BCUT2D eigenvalue weighted by molar-refractivity contribution is -0.300. The topological polar surface area (TPSA) is 76.6 Å². The molecular weight excluding hydrogens is 286 g/mol. The molecule has 0 bridgehead atoms. The first-order valence-corrected chi connectivity index (χ1v) is 9.55. The number of hydrogen-bond donors (Lipinski definition) is 1. The van der Waals surface area contributed by atoms with Crippen LogP contribution in [0, 0.1) is 5.92 Å². The third-order valence-corrected chi connectivity index (χ3v) is 4.49. The van der Waals surface area contributed by atoms with Crippen LogP contribution in [0.3, 0.4) is 0 Å². The summed E-state index contributed by atoms with van der Waals surface area (Å²) in [6.45, 7) is 8.69. The lowest BCUT2D eigenvalue weighted by atomic mass is 9.83. The summed E-state index contributed by atoms with van der Waals surface area (Å²) in [5.41, 5.74) is 1.85. The van der Waals surface area contributed by atoms with Gasteiger partial charge in [0.15, 0.2) is 0 Å². The lowest BCUT2D eigenvalue weighted by Crippen LogP contribution is -2.30.